The van der Waals surface area contributed by atoms with Crippen LogP contribution in [0.2, 0.25) is 0 Å². The SMILES string of the molecule is CCCCc1nnc(SCc2ccc(C(=O)O)cc2)n1Cc1ccc(NC(=O)c2ccccc2-c2nn[nH]n2)cc1. The maximum absolute atomic E-state index is 13.1. The minimum absolute atomic E-state index is 0.264. The fourth-order valence-electron chi connectivity index (χ4n) is 4.22. The van der Waals surface area contributed by atoms with E-state index >= 15 is 0 Å². The summed E-state index contributed by atoms with van der Waals surface area (Å²) in [5.41, 5.74) is 4.01. The molecule has 208 valence electrons. The minimum Gasteiger partial charge on any atom is -0.478 e. The molecule has 2 aromatic heterocycles. The standard InChI is InChI=1S/C29H28N8O3S/c1-2-3-8-25-31-34-29(41-18-20-9-13-21(14-10-20)28(39)40)37(25)17-19-11-15-22(16-12-19)30-27(38)24-7-5-4-6-23(24)26-32-35-36-33-26/h4-7,9-16H,2-3,8,17-18H2,1H3,(H,30,38)(H,39,40)(H,32,33,35,36). The molecule has 0 unspecified atom stereocenters. The highest BCUT2D eigenvalue weighted by Gasteiger charge is 2.16. The quantitative estimate of drug-likeness (QED) is 0.175. The molecule has 0 aliphatic carbocycles. The Morgan fingerprint density at radius 1 is 0.951 bits per heavy atom. The number of benzene rings is 3. The van der Waals surface area contributed by atoms with E-state index in [4.69, 9.17) is 5.11 Å². The van der Waals surface area contributed by atoms with Gasteiger partial charge >= 0.3 is 5.97 Å². The topological polar surface area (TPSA) is 152 Å². The van der Waals surface area contributed by atoms with Gasteiger partial charge in [-0.2, -0.15) is 5.21 Å². The van der Waals surface area contributed by atoms with Gasteiger partial charge in [-0.15, -0.1) is 20.4 Å². The molecular formula is C29H28N8O3S. The van der Waals surface area contributed by atoms with Crippen LogP contribution in [0.1, 0.15) is 57.4 Å². The number of hydrogen-bond acceptors (Lipinski definition) is 8. The maximum Gasteiger partial charge on any atom is 0.335 e. The Morgan fingerprint density at radius 3 is 2.41 bits per heavy atom. The smallest absolute Gasteiger partial charge is 0.335 e. The zero-order chi connectivity index (χ0) is 28.6. The van der Waals surface area contributed by atoms with Crippen molar-refractivity contribution in [1.82, 2.24) is 35.4 Å². The Hall–Kier alpha value is -4.84. The molecule has 0 spiro atoms. The first-order chi connectivity index (χ1) is 20.0. The van der Waals surface area contributed by atoms with E-state index < -0.39 is 5.97 Å². The molecule has 12 heteroatoms. The minimum atomic E-state index is -0.941. The summed E-state index contributed by atoms with van der Waals surface area (Å²) in [6.45, 7) is 2.73. The zero-order valence-corrected chi connectivity index (χ0v) is 23.1. The van der Waals surface area contributed by atoms with Crippen LogP contribution in [0.5, 0.6) is 0 Å². The average molecular weight is 569 g/mol. The second-order valence-corrected chi connectivity index (χ2v) is 10.3. The number of aromatic nitrogens is 7. The molecule has 1 amide bonds. The predicted octanol–water partition coefficient (Wildman–Crippen LogP) is 5.09. The Balaban J connectivity index is 1.28. The van der Waals surface area contributed by atoms with Gasteiger partial charge in [0.1, 0.15) is 5.82 Å². The second-order valence-electron chi connectivity index (χ2n) is 9.31. The first-order valence-electron chi connectivity index (χ1n) is 13.1. The summed E-state index contributed by atoms with van der Waals surface area (Å²) in [7, 11) is 0. The third-order valence-corrected chi connectivity index (χ3v) is 7.46. The average Bonchev–Trinajstić information content (AvgIpc) is 3.67. The van der Waals surface area contributed by atoms with Gasteiger partial charge in [-0.1, -0.05) is 67.6 Å². The Bertz CT molecular complexity index is 1620. The van der Waals surface area contributed by atoms with Gasteiger partial charge in [-0.3, -0.25) is 4.79 Å². The van der Waals surface area contributed by atoms with Crippen LogP contribution in [0.4, 0.5) is 5.69 Å². The highest BCUT2D eigenvalue weighted by atomic mass is 32.2. The summed E-state index contributed by atoms with van der Waals surface area (Å²) < 4.78 is 2.13. The van der Waals surface area contributed by atoms with Crippen LogP contribution in [0.15, 0.2) is 78.0 Å². The molecule has 0 aliphatic rings. The number of amides is 1. The van der Waals surface area contributed by atoms with E-state index in [2.05, 4.69) is 47.6 Å². The van der Waals surface area contributed by atoms with Gasteiger partial charge in [-0.25, -0.2) is 4.79 Å². The molecule has 41 heavy (non-hydrogen) atoms. The molecule has 0 aliphatic heterocycles. The van der Waals surface area contributed by atoms with Crippen molar-refractivity contribution in [3.63, 3.8) is 0 Å². The van der Waals surface area contributed by atoms with Gasteiger partial charge in [-0.05, 0) is 53.1 Å². The molecule has 11 nitrogen and oxygen atoms in total. The normalized spacial score (nSPS) is 11.0. The lowest BCUT2D eigenvalue weighted by atomic mass is 10.1. The number of nitrogens with one attached hydrogen (secondary N) is 2. The fraction of sp³-hybridized carbons (Fsp3) is 0.207. The lowest BCUT2D eigenvalue weighted by molar-refractivity contribution is 0.0696. The van der Waals surface area contributed by atoms with Crippen LogP contribution in [0.3, 0.4) is 0 Å². The molecule has 0 saturated heterocycles. The van der Waals surface area contributed by atoms with Crippen LogP contribution in [0.25, 0.3) is 11.4 Å². The molecule has 3 aromatic carbocycles. The Labute approximate surface area is 240 Å². The fourth-order valence-corrected chi connectivity index (χ4v) is 5.13. The van der Waals surface area contributed by atoms with Gasteiger partial charge < -0.3 is 15.0 Å². The van der Waals surface area contributed by atoms with Crippen LogP contribution in [-0.4, -0.2) is 52.4 Å². The first kappa shape index (κ1) is 27.7. The molecule has 0 saturated carbocycles. The molecule has 3 N–H and O–H groups in total. The number of carboxylic acid groups (broad SMARTS) is 1. The van der Waals surface area contributed by atoms with E-state index in [1.54, 1.807) is 42.1 Å². The van der Waals surface area contributed by atoms with Crippen LogP contribution < -0.4 is 5.32 Å². The van der Waals surface area contributed by atoms with Gasteiger partial charge in [0, 0.05) is 23.4 Å². The number of aryl methyl sites for hydroxylation is 1. The number of tetrazole rings is 1. The van der Waals surface area contributed by atoms with Gasteiger partial charge in [0.05, 0.1) is 17.7 Å². The molecule has 0 radical (unpaired) electrons. The van der Waals surface area contributed by atoms with Crippen molar-refractivity contribution in [2.75, 3.05) is 5.32 Å². The lowest BCUT2D eigenvalue weighted by Crippen LogP contribution is -2.13. The highest BCUT2D eigenvalue weighted by molar-refractivity contribution is 7.98. The van der Waals surface area contributed by atoms with E-state index in [0.717, 1.165) is 41.4 Å². The number of aromatic amines is 1. The maximum atomic E-state index is 13.1. The monoisotopic (exact) mass is 568 g/mol. The summed E-state index contributed by atoms with van der Waals surface area (Å²) >= 11 is 1.57. The molecule has 0 bridgehead atoms. The number of nitrogens with zero attached hydrogens (tertiary/aromatic N) is 6. The number of carbonyl (C=O) groups is 2. The Kier molecular flexibility index (Phi) is 8.79. The zero-order valence-electron chi connectivity index (χ0n) is 22.3. The van der Waals surface area contributed by atoms with E-state index in [9.17, 15) is 9.59 Å². The highest BCUT2D eigenvalue weighted by Crippen LogP contribution is 2.25. The van der Waals surface area contributed by atoms with E-state index in [1.807, 2.05) is 42.5 Å². The van der Waals surface area contributed by atoms with Gasteiger partial charge in [0.2, 0.25) is 5.82 Å². The molecule has 2 heterocycles. The van der Waals surface area contributed by atoms with Crippen molar-refractivity contribution >= 4 is 29.3 Å². The Morgan fingerprint density at radius 2 is 1.71 bits per heavy atom. The number of aromatic carboxylic acids is 1. The van der Waals surface area contributed by atoms with Gasteiger partial charge in [0.15, 0.2) is 5.16 Å². The molecule has 0 fully saturated rings. The first-order valence-corrected chi connectivity index (χ1v) is 14.1. The predicted molar refractivity (Wildman–Crippen MR) is 155 cm³/mol. The van der Waals surface area contributed by atoms with Gasteiger partial charge in [0.25, 0.3) is 5.91 Å². The van der Waals surface area contributed by atoms with Crippen LogP contribution >= 0.6 is 11.8 Å². The number of H-pyrrole nitrogens is 1. The van der Waals surface area contributed by atoms with E-state index in [-0.39, 0.29) is 11.5 Å². The number of thioether (sulfide) groups is 1. The number of rotatable bonds is 12. The van der Waals surface area contributed by atoms with E-state index in [0.29, 0.717) is 34.9 Å². The second kappa shape index (κ2) is 13.0. The molecule has 5 rings (SSSR count). The van der Waals surface area contributed by atoms with Crippen LogP contribution in [-0.2, 0) is 18.7 Å². The molecule has 0 atom stereocenters. The lowest BCUT2D eigenvalue weighted by Gasteiger charge is -2.12. The van der Waals surface area contributed by atoms with Crippen LogP contribution in [0, 0.1) is 0 Å². The number of carbonyl (C=O) groups excluding carboxylic acids is 1. The number of carboxylic acids is 1. The summed E-state index contributed by atoms with van der Waals surface area (Å²) in [5.74, 6) is 0.704. The van der Waals surface area contributed by atoms with Crippen molar-refractivity contribution < 1.29 is 14.7 Å². The van der Waals surface area contributed by atoms with Crippen molar-refractivity contribution in [2.45, 2.75) is 43.6 Å². The summed E-state index contributed by atoms with van der Waals surface area (Å²) in [4.78, 5) is 24.2. The number of hydrogen-bond donors (Lipinski definition) is 3. The number of unbranched alkanes of at least 4 members (excludes halogenated alkanes) is 1. The van der Waals surface area contributed by atoms with E-state index in [1.165, 1.54) is 0 Å². The van der Waals surface area contributed by atoms with Crippen molar-refractivity contribution in [3.8, 4) is 11.4 Å². The summed E-state index contributed by atoms with van der Waals surface area (Å²) in [5, 5.41) is 35.8. The third kappa shape index (κ3) is 6.84. The number of anilines is 1. The van der Waals surface area contributed by atoms with Crippen molar-refractivity contribution in [2.24, 2.45) is 0 Å². The summed E-state index contributed by atoms with van der Waals surface area (Å²) in [6.07, 6.45) is 2.89. The largest absolute Gasteiger partial charge is 0.478 e. The van der Waals surface area contributed by atoms with Crippen molar-refractivity contribution in [1.29, 1.82) is 0 Å². The third-order valence-electron chi connectivity index (χ3n) is 6.43. The summed E-state index contributed by atoms with van der Waals surface area (Å²) in [6, 6.07) is 21.7. The molecule has 5 aromatic rings. The van der Waals surface area contributed by atoms with Crippen molar-refractivity contribution in [3.05, 3.63) is 101 Å². The molecular weight excluding hydrogens is 540 g/mol.